The molecule has 2 aromatic rings. The lowest BCUT2D eigenvalue weighted by Crippen LogP contribution is -2.26. The Bertz CT molecular complexity index is 494. The zero-order chi connectivity index (χ0) is 13.7. The quantitative estimate of drug-likeness (QED) is 0.847. The number of halogens is 2. The van der Waals surface area contributed by atoms with E-state index in [2.05, 4.69) is 5.32 Å². The van der Waals surface area contributed by atoms with Crippen molar-refractivity contribution in [1.29, 1.82) is 0 Å². The van der Waals surface area contributed by atoms with Crippen LogP contribution in [0, 0.1) is 0 Å². The molecule has 0 heterocycles. The molecule has 0 aliphatic heterocycles. The van der Waals surface area contributed by atoms with Crippen LogP contribution in [-0.2, 0) is 0 Å². The third-order valence-electron chi connectivity index (χ3n) is 3.05. The molecule has 3 heteroatoms. The number of hydrogen-bond donors (Lipinski definition) is 1. The number of alkyl halides is 2. The van der Waals surface area contributed by atoms with Crippen LogP contribution in [0.5, 0.6) is 0 Å². The van der Waals surface area contributed by atoms with E-state index in [0.717, 1.165) is 11.1 Å². The molecule has 0 radical (unpaired) electrons. The van der Waals surface area contributed by atoms with Gasteiger partial charge in [0.25, 0.3) is 6.43 Å². The van der Waals surface area contributed by atoms with Gasteiger partial charge >= 0.3 is 0 Å². The van der Waals surface area contributed by atoms with Crippen molar-refractivity contribution >= 4 is 0 Å². The fourth-order valence-electron chi connectivity index (χ4n) is 2.09. The normalized spacial score (nSPS) is 12.6. The van der Waals surface area contributed by atoms with Gasteiger partial charge in [-0.05, 0) is 23.2 Å². The fourth-order valence-corrected chi connectivity index (χ4v) is 2.09. The summed E-state index contributed by atoms with van der Waals surface area (Å²) in [5.41, 5.74) is 2.75. The summed E-state index contributed by atoms with van der Waals surface area (Å²) in [4.78, 5) is 0. The highest BCUT2D eigenvalue weighted by molar-refractivity contribution is 5.63. The van der Waals surface area contributed by atoms with Crippen LogP contribution in [0.4, 0.5) is 8.78 Å². The molecule has 0 fully saturated rings. The van der Waals surface area contributed by atoms with Gasteiger partial charge in [0.05, 0.1) is 6.04 Å². The first-order chi connectivity index (χ1) is 9.22. The van der Waals surface area contributed by atoms with Crippen molar-refractivity contribution in [2.75, 3.05) is 6.54 Å². The lowest BCUT2D eigenvalue weighted by molar-refractivity contribution is 0.0993. The second kappa shape index (κ2) is 6.43. The summed E-state index contributed by atoms with van der Waals surface area (Å²) in [6, 6.07) is 16.3. The van der Waals surface area contributed by atoms with Gasteiger partial charge in [0.15, 0.2) is 0 Å². The Morgan fingerprint density at radius 3 is 2.00 bits per heavy atom. The van der Waals surface area contributed by atoms with Crippen molar-refractivity contribution < 1.29 is 8.78 Å². The van der Waals surface area contributed by atoms with E-state index in [1.807, 2.05) is 49.4 Å². The average molecular weight is 261 g/mol. The van der Waals surface area contributed by atoms with Crippen molar-refractivity contribution in [3.63, 3.8) is 0 Å². The van der Waals surface area contributed by atoms with Gasteiger partial charge < -0.3 is 5.32 Å². The zero-order valence-corrected chi connectivity index (χ0v) is 10.8. The maximum atomic E-state index is 12.9. The molecule has 1 nitrogen and oxygen atoms in total. The molecule has 0 aliphatic rings. The van der Waals surface area contributed by atoms with E-state index in [0.29, 0.717) is 12.1 Å². The van der Waals surface area contributed by atoms with E-state index in [9.17, 15) is 8.78 Å². The maximum absolute atomic E-state index is 12.9. The summed E-state index contributed by atoms with van der Waals surface area (Å²) in [5.74, 6) is 0. The number of benzene rings is 2. The highest BCUT2D eigenvalue weighted by atomic mass is 19.3. The minimum absolute atomic E-state index is 0.523. The van der Waals surface area contributed by atoms with E-state index in [1.165, 1.54) is 0 Å². The van der Waals surface area contributed by atoms with Crippen LogP contribution >= 0.6 is 0 Å². The summed E-state index contributed by atoms with van der Waals surface area (Å²) in [7, 11) is 0. The molecule has 1 N–H and O–H groups in total. The van der Waals surface area contributed by atoms with Crippen molar-refractivity contribution in [2.24, 2.45) is 0 Å². The molecule has 2 aromatic carbocycles. The number of rotatable bonds is 5. The van der Waals surface area contributed by atoms with Gasteiger partial charge in [-0.2, -0.15) is 0 Å². The predicted molar refractivity (Wildman–Crippen MR) is 74.3 cm³/mol. The Hall–Kier alpha value is -1.74. The van der Waals surface area contributed by atoms with Crippen LogP contribution in [0.3, 0.4) is 0 Å². The highest BCUT2D eigenvalue weighted by Gasteiger charge is 2.20. The topological polar surface area (TPSA) is 12.0 Å². The maximum Gasteiger partial charge on any atom is 0.257 e. The molecule has 0 spiro atoms. The molecule has 0 aliphatic carbocycles. The second-order valence-electron chi connectivity index (χ2n) is 4.36. The van der Waals surface area contributed by atoms with Crippen LogP contribution in [0.15, 0.2) is 54.6 Å². The third kappa shape index (κ3) is 3.38. The van der Waals surface area contributed by atoms with Crippen molar-refractivity contribution in [1.82, 2.24) is 5.32 Å². The minimum Gasteiger partial charge on any atom is -0.306 e. The van der Waals surface area contributed by atoms with Crippen LogP contribution in [0.1, 0.15) is 18.5 Å². The van der Waals surface area contributed by atoms with Crippen LogP contribution in [-0.4, -0.2) is 13.0 Å². The molecule has 0 saturated heterocycles. The number of hydrogen-bond acceptors (Lipinski definition) is 1. The van der Waals surface area contributed by atoms with Gasteiger partial charge in [-0.3, -0.25) is 0 Å². The van der Waals surface area contributed by atoms with Gasteiger partial charge in [-0.25, -0.2) is 8.78 Å². The first kappa shape index (κ1) is 13.7. The predicted octanol–water partition coefficient (Wildman–Crippen LogP) is 4.27. The summed E-state index contributed by atoms with van der Waals surface area (Å²) in [6.45, 7) is 2.35. The van der Waals surface area contributed by atoms with Gasteiger partial charge in [0.2, 0.25) is 0 Å². The molecule has 0 bridgehead atoms. The van der Waals surface area contributed by atoms with E-state index in [-0.39, 0.29) is 0 Å². The molecular formula is C16H17F2N. The Morgan fingerprint density at radius 2 is 1.47 bits per heavy atom. The molecule has 1 atom stereocenters. The SMILES string of the molecule is CCNC(c1ccc(-c2ccccc2)cc1)C(F)F. The third-order valence-corrected chi connectivity index (χ3v) is 3.05. The second-order valence-corrected chi connectivity index (χ2v) is 4.36. The van der Waals surface area contributed by atoms with Crippen LogP contribution in [0.2, 0.25) is 0 Å². The summed E-state index contributed by atoms with van der Waals surface area (Å²) in [6.07, 6.45) is -2.40. The van der Waals surface area contributed by atoms with Crippen molar-refractivity contribution in [2.45, 2.75) is 19.4 Å². The molecular weight excluding hydrogens is 244 g/mol. The fraction of sp³-hybridized carbons (Fsp3) is 0.250. The Labute approximate surface area is 112 Å². The van der Waals surface area contributed by atoms with Gasteiger partial charge in [-0.15, -0.1) is 0 Å². The van der Waals surface area contributed by atoms with E-state index >= 15 is 0 Å². The molecule has 1 unspecified atom stereocenters. The van der Waals surface area contributed by atoms with E-state index < -0.39 is 12.5 Å². The first-order valence-electron chi connectivity index (χ1n) is 6.39. The lowest BCUT2D eigenvalue weighted by atomic mass is 10.0. The van der Waals surface area contributed by atoms with Gasteiger partial charge in [0.1, 0.15) is 0 Å². The zero-order valence-electron chi connectivity index (χ0n) is 10.8. The molecule has 0 aromatic heterocycles. The molecule has 2 rings (SSSR count). The lowest BCUT2D eigenvalue weighted by Gasteiger charge is -2.17. The summed E-state index contributed by atoms with van der Waals surface area (Å²) < 4.78 is 25.9. The Kier molecular flexibility index (Phi) is 4.63. The Morgan fingerprint density at radius 1 is 0.895 bits per heavy atom. The smallest absolute Gasteiger partial charge is 0.257 e. The van der Waals surface area contributed by atoms with E-state index in [1.54, 1.807) is 12.1 Å². The van der Waals surface area contributed by atoms with Crippen LogP contribution < -0.4 is 5.32 Å². The molecule has 19 heavy (non-hydrogen) atoms. The minimum atomic E-state index is -2.40. The largest absolute Gasteiger partial charge is 0.306 e. The summed E-state index contributed by atoms with van der Waals surface area (Å²) in [5, 5.41) is 2.81. The van der Waals surface area contributed by atoms with Gasteiger partial charge in [-0.1, -0.05) is 61.5 Å². The average Bonchev–Trinajstić information content (AvgIpc) is 2.46. The Balaban J connectivity index is 2.22. The van der Waals surface area contributed by atoms with E-state index in [4.69, 9.17) is 0 Å². The molecule has 0 saturated carbocycles. The van der Waals surface area contributed by atoms with Crippen molar-refractivity contribution in [3.05, 3.63) is 60.2 Å². The van der Waals surface area contributed by atoms with Crippen molar-refractivity contribution in [3.8, 4) is 11.1 Å². The summed E-state index contributed by atoms with van der Waals surface area (Å²) >= 11 is 0. The standard InChI is InChI=1S/C16H17F2N/c1-2-19-15(16(17)18)14-10-8-13(9-11-14)12-6-4-3-5-7-12/h3-11,15-16,19H,2H2,1H3. The van der Waals surface area contributed by atoms with Crippen LogP contribution in [0.25, 0.3) is 11.1 Å². The highest BCUT2D eigenvalue weighted by Crippen LogP contribution is 2.24. The molecule has 100 valence electrons. The first-order valence-corrected chi connectivity index (χ1v) is 6.39. The number of nitrogens with one attached hydrogen (secondary N) is 1. The molecule has 0 amide bonds. The van der Waals surface area contributed by atoms with Gasteiger partial charge in [0, 0.05) is 0 Å². The monoisotopic (exact) mass is 261 g/mol.